The Morgan fingerprint density at radius 3 is 2.61 bits per heavy atom. The molecule has 0 aliphatic heterocycles. The number of carbonyl (C=O) groups is 1. The lowest BCUT2D eigenvalue weighted by Crippen LogP contribution is -2.19. The molecule has 3 N–H and O–H groups in total. The minimum absolute atomic E-state index is 0.241. The van der Waals surface area contributed by atoms with E-state index in [0.29, 0.717) is 11.1 Å². The van der Waals surface area contributed by atoms with Crippen molar-refractivity contribution >= 4 is 23.6 Å². The highest BCUT2D eigenvalue weighted by Crippen LogP contribution is 2.23. The summed E-state index contributed by atoms with van der Waals surface area (Å²) in [5.74, 6) is -0.827. The predicted molar refractivity (Wildman–Crippen MR) is 69.4 cm³/mol. The van der Waals surface area contributed by atoms with Crippen molar-refractivity contribution in [1.82, 2.24) is 0 Å². The standard InChI is InChI=1S/C13H15ClO4/c14-8-7-11(15)13(18)10-4-2-1-3-9(10)5-6-12(16)17/h1-6,11,13,15,18H,7-8H2,(H,16,17)/b6-5+. The van der Waals surface area contributed by atoms with Gasteiger partial charge in [0.1, 0.15) is 6.10 Å². The summed E-state index contributed by atoms with van der Waals surface area (Å²) in [4.78, 5) is 10.5. The van der Waals surface area contributed by atoms with Crippen molar-refractivity contribution in [1.29, 1.82) is 0 Å². The van der Waals surface area contributed by atoms with Gasteiger partial charge in [0.2, 0.25) is 0 Å². The third kappa shape index (κ3) is 4.14. The van der Waals surface area contributed by atoms with Gasteiger partial charge in [-0.2, -0.15) is 0 Å². The highest BCUT2D eigenvalue weighted by molar-refractivity contribution is 6.17. The summed E-state index contributed by atoms with van der Waals surface area (Å²) >= 11 is 5.51. The van der Waals surface area contributed by atoms with Crippen LogP contribution in [0.5, 0.6) is 0 Å². The predicted octanol–water partition coefficient (Wildman–Crippen LogP) is 1.81. The Hall–Kier alpha value is -1.36. The molecule has 0 amide bonds. The van der Waals surface area contributed by atoms with E-state index in [9.17, 15) is 15.0 Å². The van der Waals surface area contributed by atoms with E-state index in [0.717, 1.165) is 6.08 Å². The SMILES string of the molecule is O=C(O)/C=C/c1ccccc1C(O)C(O)CCCl. The lowest BCUT2D eigenvalue weighted by molar-refractivity contribution is -0.131. The Bertz CT molecular complexity index is 431. The highest BCUT2D eigenvalue weighted by atomic mass is 35.5. The van der Waals surface area contributed by atoms with E-state index in [2.05, 4.69) is 0 Å². The van der Waals surface area contributed by atoms with E-state index >= 15 is 0 Å². The van der Waals surface area contributed by atoms with Gasteiger partial charge in [0, 0.05) is 12.0 Å². The molecule has 1 rings (SSSR count). The summed E-state index contributed by atoms with van der Waals surface area (Å²) in [6, 6.07) is 6.75. The van der Waals surface area contributed by atoms with Crippen LogP contribution in [0.1, 0.15) is 23.7 Å². The Balaban J connectivity index is 2.97. The van der Waals surface area contributed by atoms with Gasteiger partial charge in [-0.1, -0.05) is 24.3 Å². The fraction of sp³-hybridized carbons (Fsp3) is 0.308. The maximum absolute atomic E-state index is 10.5. The number of halogens is 1. The number of aliphatic carboxylic acids is 1. The van der Waals surface area contributed by atoms with Gasteiger partial charge in [0.05, 0.1) is 6.10 Å². The zero-order valence-corrected chi connectivity index (χ0v) is 10.4. The fourth-order valence-corrected chi connectivity index (χ4v) is 1.79. The topological polar surface area (TPSA) is 77.8 Å². The number of rotatable bonds is 6. The van der Waals surface area contributed by atoms with Crippen LogP contribution in [-0.2, 0) is 4.79 Å². The summed E-state index contributed by atoms with van der Waals surface area (Å²) in [5.41, 5.74) is 1.04. The second-order valence-corrected chi connectivity index (χ2v) is 4.17. The van der Waals surface area contributed by atoms with Crippen molar-refractivity contribution < 1.29 is 20.1 Å². The second kappa shape index (κ2) is 7.16. The summed E-state index contributed by atoms with van der Waals surface area (Å²) in [6.07, 6.45) is 0.577. The molecule has 0 fully saturated rings. The zero-order chi connectivity index (χ0) is 13.5. The average Bonchev–Trinajstić information content (AvgIpc) is 2.36. The summed E-state index contributed by atoms with van der Waals surface area (Å²) < 4.78 is 0. The normalized spacial score (nSPS) is 14.6. The third-order valence-electron chi connectivity index (χ3n) is 2.49. The lowest BCUT2D eigenvalue weighted by Gasteiger charge is -2.19. The van der Waals surface area contributed by atoms with Gasteiger partial charge in [-0.15, -0.1) is 11.6 Å². The van der Waals surface area contributed by atoms with Crippen molar-refractivity contribution in [2.45, 2.75) is 18.6 Å². The van der Waals surface area contributed by atoms with E-state index in [-0.39, 0.29) is 12.3 Å². The molecule has 1 aromatic carbocycles. The van der Waals surface area contributed by atoms with Crippen LogP contribution in [0.15, 0.2) is 30.3 Å². The Labute approximate surface area is 110 Å². The molecule has 0 saturated carbocycles. The van der Waals surface area contributed by atoms with E-state index in [1.807, 2.05) is 0 Å². The zero-order valence-electron chi connectivity index (χ0n) is 9.66. The smallest absolute Gasteiger partial charge is 0.328 e. The largest absolute Gasteiger partial charge is 0.478 e. The van der Waals surface area contributed by atoms with E-state index in [4.69, 9.17) is 16.7 Å². The van der Waals surface area contributed by atoms with Crippen molar-refractivity contribution in [3.05, 3.63) is 41.5 Å². The van der Waals surface area contributed by atoms with Gasteiger partial charge >= 0.3 is 5.97 Å². The second-order valence-electron chi connectivity index (χ2n) is 3.79. The molecule has 0 aliphatic carbocycles. The molecule has 0 aliphatic rings. The molecule has 2 atom stereocenters. The maximum Gasteiger partial charge on any atom is 0.328 e. The number of carboxylic acid groups (broad SMARTS) is 1. The van der Waals surface area contributed by atoms with Crippen LogP contribution in [0.2, 0.25) is 0 Å². The fourth-order valence-electron chi connectivity index (χ4n) is 1.57. The molecule has 4 nitrogen and oxygen atoms in total. The van der Waals surface area contributed by atoms with E-state index in [1.165, 1.54) is 6.08 Å². The molecule has 0 aromatic heterocycles. The third-order valence-corrected chi connectivity index (χ3v) is 2.71. The first-order chi connectivity index (χ1) is 8.56. The first kappa shape index (κ1) is 14.7. The molecule has 5 heteroatoms. The van der Waals surface area contributed by atoms with Gasteiger partial charge in [0.15, 0.2) is 0 Å². The van der Waals surface area contributed by atoms with Crippen LogP contribution < -0.4 is 0 Å². The Kier molecular flexibility index (Phi) is 5.85. The first-order valence-electron chi connectivity index (χ1n) is 5.48. The maximum atomic E-state index is 10.5. The van der Waals surface area contributed by atoms with Gasteiger partial charge in [-0.25, -0.2) is 4.79 Å². The van der Waals surface area contributed by atoms with Gasteiger partial charge in [0.25, 0.3) is 0 Å². The first-order valence-corrected chi connectivity index (χ1v) is 6.01. The van der Waals surface area contributed by atoms with Gasteiger partial charge in [-0.05, 0) is 23.6 Å². The molecular weight excluding hydrogens is 256 g/mol. The number of aliphatic hydroxyl groups excluding tert-OH is 2. The molecule has 18 heavy (non-hydrogen) atoms. The molecule has 0 bridgehead atoms. The minimum Gasteiger partial charge on any atom is -0.478 e. The quantitative estimate of drug-likeness (QED) is 0.544. The van der Waals surface area contributed by atoms with Crippen LogP contribution >= 0.6 is 11.6 Å². The van der Waals surface area contributed by atoms with Crippen LogP contribution in [-0.4, -0.2) is 33.3 Å². The molecule has 0 saturated heterocycles. The number of benzene rings is 1. The number of alkyl halides is 1. The highest BCUT2D eigenvalue weighted by Gasteiger charge is 2.19. The van der Waals surface area contributed by atoms with Crippen molar-refractivity contribution in [2.24, 2.45) is 0 Å². The monoisotopic (exact) mass is 270 g/mol. The Morgan fingerprint density at radius 2 is 2.00 bits per heavy atom. The average molecular weight is 271 g/mol. The molecule has 98 valence electrons. The minimum atomic E-state index is -1.08. The lowest BCUT2D eigenvalue weighted by atomic mass is 9.97. The van der Waals surface area contributed by atoms with Crippen molar-refractivity contribution in [2.75, 3.05) is 5.88 Å². The summed E-state index contributed by atoms with van der Waals surface area (Å²) in [6.45, 7) is 0. The number of aliphatic hydroxyl groups is 2. The van der Waals surface area contributed by atoms with Crippen LogP contribution in [0.3, 0.4) is 0 Å². The Morgan fingerprint density at radius 1 is 1.33 bits per heavy atom. The van der Waals surface area contributed by atoms with Crippen LogP contribution in [0, 0.1) is 0 Å². The molecule has 0 spiro atoms. The molecular formula is C13H15ClO4. The molecule has 0 radical (unpaired) electrons. The van der Waals surface area contributed by atoms with E-state index < -0.39 is 18.2 Å². The molecule has 1 aromatic rings. The molecule has 2 unspecified atom stereocenters. The van der Waals surface area contributed by atoms with Crippen molar-refractivity contribution in [3.63, 3.8) is 0 Å². The summed E-state index contributed by atoms with van der Waals surface area (Å²) in [5, 5.41) is 28.3. The van der Waals surface area contributed by atoms with Gasteiger partial charge in [-0.3, -0.25) is 0 Å². The van der Waals surface area contributed by atoms with Crippen LogP contribution in [0.25, 0.3) is 6.08 Å². The number of carboxylic acids is 1. The molecule has 0 heterocycles. The number of hydrogen-bond acceptors (Lipinski definition) is 3. The van der Waals surface area contributed by atoms with Crippen molar-refractivity contribution in [3.8, 4) is 0 Å². The number of hydrogen-bond donors (Lipinski definition) is 3. The van der Waals surface area contributed by atoms with Gasteiger partial charge < -0.3 is 15.3 Å². The van der Waals surface area contributed by atoms with Crippen LogP contribution in [0.4, 0.5) is 0 Å². The van der Waals surface area contributed by atoms with E-state index in [1.54, 1.807) is 24.3 Å². The summed E-state index contributed by atoms with van der Waals surface area (Å²) in [7, 11) is 0.